The van der Waals surface area contributed by atoms with Crippen LogP contribution in [0.4, 0.5) is 17.7 Å². The number of aryl methyl sites for hydroxylation is 1. The van der Waals surface area contributed by atoms with Gasteiger partial charge >= 0.3 is 6.01 Å². The average Bonchev–Trinajstić information content (AvgIpc) is 3.17. The number of nitrogens with zero attached hydrogens (tertiary/aromatic N) is 4. The SMILES string of the molecule is Cc1ccc2oc(Nc3cncc(N4CCCC(OC5=C(O)CCC=C5)C4)n3)nc2c1. The maximum Gasteiger partial charge on any atom is 0.301 e. The summed E-state index contributed by atoms with van der Waals surface area (Å²) in [5.41, 5.74) is 2.66. The molecule has 160 valence electrons. The third-order valence-electron chi connectivity index (χ3n) is 5.50. The molecule has 1 saturated heterocycles. The zero-order valence-corrected chi connectivity index (χ0v) is 17.4. The third-order valence-corrected chi connectivity index (χ3v) is 5.50. The number of aliphatic hydroxyl groups excluding tert-OH is 1. The van der Waals surface area contributed by atoms with Crippen molar-refractivity contribution in [3.63, 3.8) is 0 Å². The van der Waals surface area contributed by atoms with E-state index in [4.69, 9.17) is 14.1 Å². The molecule has 1 aliphatic carbocycles. The van der Waals surface area contributed by atoms with Crippen molar-refractivity contribution >= 4 is 28.8 Å². The number of piperidine rings is 1. The van der Waals surface area contributed by atoms with Crippen molar-refractivity contribution in [3.05, 3.63) is 59.8 Å². The molecule has 8 heteroatoms. The lowest BCUT2D eigenvalue weighted by molar-refractivity contribution is 0.0972. The highest BCUT2D eigenvalue weighted by molar-refractivity contribution is 5.75. The molecule has 1 fully saturated rings. The number of hydrogen-bond donors (Lipinski definition) is 2. The Morgan fingerprint density at radius 1 is 1.26 bits per heavy atom. The minimum atomic E-state index is -0.00709. The summed E-state index contributed by atoms with van der Waals surface area (Å²) < 4.78 is 11.8. The number of oxazole rings is 1. The second-order valence-corrected chi connectivity index (χ2v) is 7.96. The lowest BCUT2D eigenvalue weighted by Crippen LogP contribution is -2.40. The molecule has 5 rings (SSSR count). The third kappa shape index (κ3) is 4.33. The largest absolute Gasteiger partial charge is 0.508 e. The molecule has 0 bridgehead atoms. The van der Waals surface area contributed by atoms with Crippen LogP contribution in [0.15, 0.2) is 58.7 Å². The van der Waals surface area contributed by atoms with Crippen molar-refractivity contribution in [1.82, 2.24) is 15.0 Å². The van der Waals surface area contributed by atoms with E-state index < -0.39 is 0 Å². The number of fused-ring (bicyclic) bond motifs is 1. The summed E-state index contributed by atoms with van der Waals surface area (Å²) in [4.78, 5) is 15.7. The zero-order chi connectivity index (χ0) is 21.2. The molecule has 0 radical (unpaired) electrons. The molecule has 2 aliphatic rings. The molecule has 8 nitrogen and oxygen atoms in total. The summed E-state index contributed by atoms with van der Waals surface area (Å²) in [6.07, 6.45) is 10.7. The lowest BCUT2D eigenvalue weighted by Gasteiger charge is -2.34. The summed E-state index contributed by atoms with van der Waals surface area (Å²) in [7, 11) is 0. The number of aromatic nitrogens is 3. The Morgan fingerprint density at radius 2 is 2.19 bits per heavy atom. The van der Waals surface area contributed by atoms with Crippen molar-refractivity contribution in [3.8, 4) is 0 Å². The molecule has 31 heavy (non-hydrogen) atoms. The van der Waals surface area contributed by atoms with Crippen LogP contribution in [0.1, 0.15) is 31.2 Å². The molecule has 0 saturated carbocycles. The van der Waals surface area contributed by atoms with E-state index in [0.29, 0.717) is 36.3 Å². The fraction of sp³-hybridized carbons (Fsp3) is 0.348. The van der Waals surface area contributed by atoms with Crippen molar-refractivity contribution < 1.29 is 14.3 Å². The number of aliphatic hydroxyl groups is 1. The summed E-state index contributed by atoms with van der Waals surface area (Å²) in [5.74, 6) is 2.26. The van der Waals surface area contributed by atoms with Gasteiger partial charge < -0.3 is 19.2 Å². The van der Waals surface area contributed by atoms with Crippen molar-refractivity contribution in [2.75, 3.05) is 23.3 Å². The molecule has 0 spiro atoms. The van der Waals surface area contributed by atoms with Gasteiger partial charge in [0.1, 0.15) is 23.2 Å². The molecular weight excluding hydrogens is 394 g/mol. The summed E-state index contributed by atoms with van der Waals surface area (Å²) in [6.45, 7) is 3.58. The van der Waals surface area contributed by atoms with Gasteiger partial charge in [0.25, 0.3) is 0 Å². The second-order valence-electron chi connectivity index (χ2n) is 7.96. The van der Waals surface area contributed by atoms with E-state index in [1.165, 1.54) is 0 Å². The fourth-order valence-electron chi connectivity index (χ4n) is 3.93. The van der Waals surface area contributed by atoms with Gasteiger partial charge in [-0.15, -0.1) is 0 Å². The van der Waals surface area contributed by atoms with Gasteiger partial charge in [-0.1, -0.05) is 12.1 Å². The monoisotopic (exact) mass is 419 g/mol. The Balaban J connectivity index is 1.29. The van der Waals surface area contributed by atoms with Crippen LogP contribution >= 0.6 is 0 Å². The Labute approximate surface area is 180 Å². The number of anilines is 3. The molecule has 1 aromatic carbocycles. The van der Waals surface area contributed by atoms with Crippen LogP contribution in [0.5, 0.6) is 0 Å². The van der Waals surface area contributed by atoms with Crippen LogP contribution in [-0.2, 0) is 4.74 Å². The highest BCUT2D eigenvalue weighted by Gasteiger charge is 2.24. The van der Waals surface area contributed by atoms with Crippen molar-refractivity contribution in [2.24, 2.45) is 0 Å². The maximum atomic E-state index is 10.1. The summed E-state index contributed by atoms with van der Waals surface area (Å²) >= 11 is 0. The Morgan fingerprint density at radius 3 is 3.10 bits per heavy atom. The molecule has 3 heterocycles. The Hall–Kier alpha value is -3.55. The van der Waals surface area contributed by atoms with E-state index in [1.54, 1.807) is 12.4 Å². The highest BCUT2D eigenvalue weighted by atomic mass is 16.5. The van der Waals surface area contributed by atoms with Crippen molar-refractivity contribution in [2.45, 2.75) is 38.7 Å². The first kappa shape index (κ1) is 19.4. The van der Waals surface area contributed by atoms with Gasteiger partial charge in [0.2, 0.25) is 0 Å². The number of hydrogen-bond acceptors (Lipinski definition) is 8. The minimum absolute atomic E-state index is 0.00709. The molecule has 1 atom stereocenters. The van der Waals surface area contributed by atoms with Crippen LogP contribution in [0, 0.1) is 6.92 Å². The minimum Gasteiger partial charge on any atom is -0.508 e. The number of rotatable bonds is 5. The van der Waals surface area contributed by atoms with E-state index in [9.17, 15) is 5.11 Å². The van der Waals surface area contributed by atoms with E-state index in [2.05, 4.69) is 20.2 Å². The van der Waals surface area contributed by atoms with Gasteiger partial charge in [-0.25, -0.2) is 4.98 Å². The first-order chi connectivity index (χ1) is 15.1. The van der Waals surface area contributed by atoms with Crippen LogP contribution in [0.3, 0.4) is 0 Å². The summed E-state index contributed by atoms with van der Waals surface area (Å²) in [6, 6.07) is 6.27. The Bertz CT molecular complexity index is 1150. The normalized spacial score (nSPS) is 19.1. The maximum absolute atomic E-state index is 10.1. The predicted octanol–water partition coefficient (Wildman–Crippen LogP) is 4.77. The first-order valence-corrected chi connectivity index (χ1v) is 10.6. The van der Waals surface area contributed by atoms with E-state index in [0.717, 1.165) is 48.3 Å². The van der Waals surface area contributed by atoms with E-state index in [-0.39, 0.29) is 6.10 Å². The molecule has 1 aliphatic heterocycles. The van der Waals surface area contributed by atoms with Gasteiger partial charge in [-0.05, 0) is 50.0 Å². The Kier molecular flexibility index (Phi) is 5.19. The van der Waals surface area contributed by atoms with Crippen LogP contribution in [0.25, 0.3) is 11.1 Å². The fourth-order valence-corrected chi connectivity index (χ4v) is 3.93. The van der Waals surface area contributed by atoms with Gasteiger partial charge in [0.05, 0.1) is 18.9 Å². The number of allylic oxidation sites excluding steroid dienone is 3. The van der Waals surface area contributed by atoms with E-state index in [1.807, 2.05) is 37.3 Å². The highest BCUT2D eigenvalue weighted by Crippen LogP contribution is 2.26. The van der Waals surface area contributed by atoms with Gasteiger partial charge in [-0.3, -0.25) is 10.3 Å². The van der Waals surface area contributed by atoms with E-state index >= 15 is 0 Å². The second kappa shape index (κ2) is 8.29. The standard InChI is InChI=1S/C23H25N5O3/c1-15-8-9-19-17(11-15)25-23(31-19)27-21-12-24-13-22(26-21)28-10-4-5-16(14-28)30-20-7-3-2-6-18(20)29/h3,7-9,11-13,16,29H,2,4-6,10,14H2,1H3,(H,25,26,27). The van der Waals surface area contributed by atoms with Gasteiger partial charge in [0.15, 0.2) is 17.2 Å². The molecule has 3 aromatic rings. The quantitative estimate of drug-likeness (QED) is 0.610. The molecule has 2 aromatic heterocycles. The summed E-state index contributed by atoms with van der Waals surface area (Å²) in [5, 5.41) is 13.2. The zero-order valence-electron chi connectivity index (χ0n) is 17.4. The molecular formula is C23H25N5O3. The molecule has 1 unspecified atom stereocenters. The predicted molar refractivity (Wildman–Crippen MR) is 118 cm³/mol. The van der Waals surface area contributed by atoms with Gasteiger partial charge in [0, 0.05) is 13.0 Å². The lowest BCUT2D eigenvalue weighted by atomic mass is 10.1. The van der Waals surface area contributed by atoms with Crippen LogP contribution in [0.2, 0.25) is 0 Å². The first-order valence-electron chi connectivity index (χ1n) is 10.6. The van der Waals surface area contributed by atoms with Crippen LogP contribution in [-0.4, -0.2) is 39.3 Å². The number of ether oxygens (including phenoxy) is 1. The topological polar surface area (TPSA) is 96.5 Å². The molecule has 0 amide bonds. The van der Waals surface area contributed by atoms with Crippen LogP contribution < -0.4 is 10.2 Å². The number of benzene rings is 1. The molecule has 2 N–H and O–H groups in total. The van der Waals surface area contributed by atoms with Gasteiger partial charge in [-0.2, -0.15) is 4.98 Å². The smallest absolute Gasteiger partial charge is 0.301 e. The number of nitrogens with one attached hydrogen (secondary N) is 1. The van der Waals surface area contributed by atoms with Crippen molar-refractivity contribution in [1.29, 1.82) is 0 Å². The average molecular weight is 419 g/mol.